The molecule has 0 heterocycles. The molecule has 2 aliphatic rings. The third-order valence-corrected chi connectivity index (χ3v) is 4.91. The van der Waals surface area contributed by atoms with Crippen molar-refractivity contribution < 1.29 is 4.79 Å². The van der Waals surface area contributed by atoms with Crippen molar-refractivity contribution in [2.75, 3.05) is 6.54 Å². The van der Waals surface area contributed by atoms with E-state index < -0.39 is 0 Å². The van der Waals surface area contributed by atoms with Crippen LogP contribution in [0, 0.1) is 11.3 Å². The first-order chi connectivity index (χ1) is 8.61. The van der Waals surface area contributed by atoms with Crippen LogP contribution in [0.1, 0.15) is 64.7 Å². The minimum atomic E-state index is 0.0500. The van der Waals surface area contributed by atoms with Gasteiger partial charge in [-0.05, 0) is 31.1 Å². The van der Waals surface area contributed by atoms with E-state index in [9.17, 15) is 4.79 Å². The molecular formula is C15H28N2O. The molecule has 0 aliphatic heterocycles. The molecule has 18 heavy (non-hydrogen) atoms. The molecule has 3 nitrogen and oxygen atoms in total. The molecule has 3 N–H and O–H groups in total. The monoisotopic (exact) mass is 252 g/mol. The summed E-state index contributed by atoms with van der Waals surface area (Å²) in [7, 11) is 0. The molecule has 0 saturated heterocycles. The Labute approximate surface area is 111 Å². The average molecular weight is 252 g/mol. The Hall–Kier alpha value is -0.570. The summed E-state index contributed by atoms with van der Waals surface area (Å²) >= 11 is 0. The number of nitrogens with one attached hydrogen (secondary N) is 1. The van der Waals surface area contributed by atoms with Gasteiger partial charge in [0.15, 0.2) is 0 Å². The molecule has 2 atom stereocenters. The first-order valence-electron chi connectivity index (χ1n) is 7.64. The molecule has 0 aromatic rings. The second-order valence-corrected chi connectivity index (χ2v) is 6.64. The van der Waals surface area contributed by atoms with Crippen molar-refractivity contribution in [3.05, 3.63) is 0 Å². The highest BCUT2D eigenvalue weighted by Crippen LogP contribution is 2.39. The number of rotatable bonds is 3. The maximum Gasteiger partial charge on any atom is 0.224 e. The van der Waals surface area contributed by atoms with Crippen LogP contribution in [0.3, 0.4) is 0 Å². The second-order valence-electron chi connectivity index (χ2n) is 6.64. The number of hydrogen-bond acceptors (Lipinski definition) is 2. The summed E-state index contributed by atoms with van der Waals surface area (Å²) in [5.41, 5.74) is 6.54. The van der Waals surface area contributed by atoms with Gasteiger partial charge in [-0.3, -0.25) is 4.79 Å². The number of carbonyl (C=O) groups is 1. The van der Waals surface area contributed by atoms with Gasteiger partial charge in [0.1, 0.15) is 0 Å². The van der Waals surface area contributed by atoms with Gasteiger partial charge in [-0.25, -0.2) is 0 Å². The fraction of sp³-hybridized carbons (Fsp3) is 0.933. The number of carbonyl (C=O) groups excluding carboxylic acids is 1. The van der Waals surface area contributed by atoms with E-state index in [1.54, 1.807) is 0 Å². The van der Waals surface area contributed by atoms with E-state index in [1.165, 1.54) is 38.5 Å². The summed E-state index contributed by atoms with van der Waals surface area (Å²) in [5.74, 6) is 0.256. The third-order valence-electron chi connectivity index (χ3n) is 4.91. The Morgan fingerprint density at radius 1 is 1.17 bits per heavy atom. The summed E-state index contributed by atoms with van der Waals surface area (Å²) in [5, 5.41) is 3.15. The molecule has 0 unspecified atom stereocenters. The Morgan fingerprint density at radius 2 is 1.83 bits per heavy atom. The van der Waals surface area contributed by atoms with Crippen LogP contribution >= 0.6 is 0 Å². The van der Waals surface area contributed by atoms with Crippen molar-refractivity contribution in [2.24, 2.45) is 17.1 Å². The van der Waals surface area contributed by atoms with Gasteiger partial charge >= 0.3 is 0 Å². The van der Waals surface area contributed by atoms with Gasteiger partial charge in [0.25, 0.3) is 0 Å². The molecule has 2 aliphatic carbocycles. The average Bonchev–Trinajstić information content (AvgIpc) is 2.29. The SMILES string of the molecule is CC1(CNC(=O)[C@@H]2CCCCCC[C@@H]2N)CCC1. The second kappa shape index (κ2) is 6.05. The fourth-order valence-electron chi connectivity index (χ4n) is 3.23. The van der Waals surface area contributed by atoms with Gasteiger partial charge in [-0.1, -0.05) is 39.0 Å². The first kappa shape index (κ1) is 13.9. The van der Waals surface area contributed by atoms with Crippen molar-refractivity contribution in [3.63, 3.8) is 0 Å². The quantitative estimate of drug-likeness (QED) is 0.811. The molecule has 2 saturated carbocycles. The Kier molecular flexibility index (Phi) is 4.66. The zero-order valence-electron chi connectivity index (χ0n) is 11.7. The van der Waals surface area contributed by atoms with Crippen LogP contribution in [0.2, 0.25) is 0 Å². The molecule has 0 bridgehead atoms. The van der Waals surface area contributed by atoms with Gasteiger partial charge in [-0.15, -0.1) is 0 Å². The lowest BCUT2D eigenvalue weighted by Crippen LogP contribution is -2.46. The predicted octanol–water partition coefficient (Wildman–Crippen LogP) is 2.59. The molecule has 104 valence electrons. The molecule has 0 aromatic heterocycles. The molecule has 2 rings (SSSR count). The summed E-state index contributed by atoms with van der Waals surface area (Å²) in [6.07, 6.45) is 10.7. The summed E-state index contributed by atoms with van der Waals surface area (Å²) in [4.78, 5) is 12.3. The first-order valence-corrected chi connectivity index (χ1v) is 7.64. The molecule has 0 radical (unpaired) electrons. The van der Waals surface area contributed by atoms with Crippen molar-refractivity contribution in [3.8, 4) is 0 Å². The molecule has 0 aromatic carbocycles. The van der Waals surface area contributed by atoms with E-state index in [4.69, 9.17) is 5.73 Å². The van der Waals surface area contributed by atoms with Crippen LogP contribution in [0.5, 0.6) is 0 Å². The standard InChI is InChI=1S/C15H28N2O/c1-15(9-6-10-15)11-17-14(18)12-7-4-2-3-5-8-13(12)16/h12-13H,2-11,16H2,1H3,(H,17,18)/t12-,13+/m1/s1. The lowest BCUT2D eigenvalue weighted by Gasteiger charge is -2.39. The van der Waals surface area contributed by atoms with Gasteiger partial charge < -0.3 is 11.1 Å². The van der Waals surface area contributed by atoms with Crippen LogP contribution in [0.15, 0.2) is 0 Å². The van der Waals surface area contributed by atoms with Gasteiger partial charge in [0.2, 0.25) is 5.91 Å². The van der Waals surface area contributed by atoms with Crippen LogP contribution in [-0.4, -0.2) is 18.5 Å². The fourth-order valence-corrected chi connectivity index (χ4v) is 3.23. The van der Waals surface area contributed by atoms with E-state index in [-0.39, 0.29) is 17.9 Å². The van der Waals surface area contributed by atoms with Gasteiger partial charge in [0, 0.05) is 12.6 Å². The lowest BCUT2D eigenvalue weighted by molar-refractivity contribution is -0.126. The predicted molar refractivity (Wildman–Crippen MR) is 74.1 cm³/mol. The highest BCUT2D eigenvalue weighted by Gasteiger charge is 2.33. The molecule has 2 fully saturated rings. The Bertz CT molecular complexity index is 286. The minimum Gasteiger partial charge on any atom is -0.355 e. The van der Waals surface area contributed by atoms with Crippen molar-refractivity contribution >= 4 is 5.91 Å². The Morgan fingerprint density at radius 3 is 2.44 bits per heavy atom. The smallest absolute Gasteiger partial charge is 0.224 e. The van der Waals surface area contributed by atoms with Crippen molar-refractivity contribution in [2.45, 2.75) is 70.8 Å². The molecular weight excluding hydrogens is 224 g/mol. The zero-order chi connectivity index (χ0) is 13.0. The normalized spacial score (nSPS) is 31.9. The summed E-state index contributed by atoms with van der Waals surface area (Å²) < 4.78 is 0. The zero-order valence-corrected chi connectivity index (χ0v) is 11.7. The number of amides is 1. The maximum absolute atomic E-state index is 12.3. The number of nitrogens with two attached hydrogens (primary N) is 1. The minimum absolute atomic E-state index is 0.0500. The van der Waals surface area contributed by atoms with Gasteiger partial charge in [-0.2, -0.15) is 0 Å². The molecule has 1 amide bonds. The van der Waals surface area contributed by atoms with E-state index >= 15 is 0 Å². The van der Waals surface area contributed by atoms with E-state index in [2.05, 4.69) is 12.2 Å². The van der Waals surface area contributed by atoms with E-state index in [1.807, 2.05) is 0 Å². The van der Waals surface area contributed by atoms with Crippen LogP contribution in [-0.2, 0) is 4.79 Å². The van der Waals surface area contributed by atoms with Crippen LogP contribution < -0.4 is 11.1 Å². The highest BCUT2D eigenvalue weighted by molar-refractivity contribution is 5.79. The van der Waals surface area contributed by atoms with Crippen molar-refractivity contribution in [1.82, 2.24) is 5.32 Å². The summed E-state index contributed by atoms with van der Waals surface area (Å²) in [6.45, 7) is 3.11. The maximum atomic E-state index is 12.3. The number of hydrogen-bond donors (Lipinski definition) is 2. The van der Waals surface area contributed by atoms with Crippen molar-refractivity contribution in [1.29, 1.82) is 0 Å². The lowest BCUT2D eigenvalue weighted by atomic mass is 9.70. The summed E-state index contributed by atoms with van der Waals surface area (Å²) in [6, 6.07) is 0.0690. The Balaban J connectivity index is 1.81. The van der Waals surface area contributed by atoms with E-state index in [0.29, 0.717) is 5.41 Å². The topological polar surface area (TPSA) is 55.1 Å². The largest absolute Gasteiger partial charge is 0.355 e. The van der Waals surface area contributed by atoms with Crippen LogP contribution in [0.25, 0.3) is 0 Å². The van der Waals surface area contributed by atoms with E-state index in [0.717, 1.165) is 25.8 Å². The molecule has 0 spiro atoms. The molecule has 3 heteroatoms. The van der Waals surface area contributed by atoms with Gasteiger partial charge in [0.05, 0.1) is 5.92 Å². The van der Waals surface area contributed by atoms with Crippen LogP contribution in [0.4, 0.5) is 0 Å². The highest BCUT2D eigenvalue weighted by atomic mass is 16.1. The third kappa shape index (κ3) is 3.47.